The number of carbonyl (C=O) groups is 2. The van der Waals surface area contributed by atoms with Crippen molar-refractivity contribution < 1.29 is 18.4 Å². The summed E-state index contributed by atoms with van der Waals surface area (Å²) >= 11 is 0. The molecule has 1 spiro atoms. The number of carbonyl (C=O) groups excluding carboxylic acids is 2. The number of halogens is 2. The number of hydrogen-bond donors (Lipinski definition) is 1. The van der Waals surface area contributed by atoms with Gasteiger partial charge in [0.05, 0.1) is 17.5 Å². The fourth-order valence-corrected chi connectivity index (χ4v) is 6.54. The third-order valence-electron chi connectivity index (χ3n) is 8.74. The van der Waals surface area contributed by atoms with E-state index >= 15 is 0 Å². The molecule has 2 amide bonds. The van der Waals surface area contributed by atoms with Crippen molar-refractivity contribution in [2.75, 3.05) is 25.5 Å². The zero-order valence-corrected chi connectivity index (χ0v) is 22.7. The first kappa shape index (κ1) is 26.3. The standard InChI is InChI=1S/C32H32F2N4O2/c1-20(23-15-25(33)17-26(34)16-23)38(30(39)28-8-5-12-37(28)2)13-4-6-21-9-10-22-18-32(19-24(22)14-21)27-7-3-11-35-29(27)36-31(32)40/h3-4,6-7,9-11,14-17,20,28H,5,8,12-13,18-19H2,1-2H3,(H,35,36,40)/b6-4+/t20-,28+,32-/m1/s1. The highest BCUT2D eigenvalue weighted by molar-refractivity contribution is 6.06. The summed E-state index contributed by atoms with van der Waals surface area (Å²) < 4.78 is 28.0. The molecule has 3 atom stereocenters. The van der Waals surface area contributed by atoms with Gasteiger partial charge in [-0.05, 0) is 86.7 Å². The van der Waals surface area contributed by atoms with Crippen LogP contribution in [0.25, 0.3) is 6.08 Å². The highest BCUT2D eigenvalue weighted by Gasteiger charge is 2.51. The van der Waals surface area contributed by atoms with Crippen LogP contribution in [-0.4, -0.2) is 52.8 Å². The molecule has 6 nitrogen and oxygen atoms in total. The van der Waals surface area contributed by atoms with Crippen LogP contribution in [0.2, 0.25) is 0 Å². The Morgan fingerprint density at radius 2 is 1.95 bits per heavy atom. The van der Waals surface area contributed by atoms with E-state index in [0.29, 0.717) is 30.8 Å². The molecule has 1 saturated heterocycles. The molecule has 6 rings (SSSR count). The van der Waals surface area contributed by atoms with Crippen molar-refractivity contribution in [3.05, 3.63) is 100 Å². The first-order valence-corrected chi connectivity index (χ1v) is 13.8. The lowest BCUT2D eigenvalue weighted by Crippen LogP contribution is -2.45. The monoisotopic (exact) mass is 542 g/mol. The Hall–Kier alpha value is -3.91. The molecule has 0 radical (unpaired) electrons. The number of nitrogens with one attached hydrogen (secondary N) is 1. The van der Waals surface area contributed by atoms with Crippen LogP contribution in [-0.2, 0) is 27.8 Å². The minimum absolute atomic E-state index is 0.0108. The summed E-state index contributed by atoms with van der Waals surface area (Å²) in [5, 5.41) is 2.94. The Morgan fingerprint density at radius 1 is 1.18 bits per heavy atom. The van der Waals surface area contributed by atoms with Gasteiger partial charge in [0.25, 0.3) is 0 Å². The number of amides is 2. The van der Waals surface area contributed by atoms with Gasteiger partial charge in [-0.2, -0.15) is 0 Å². The third-order valence-corrected chi connectivity index (χ3v) is 8.74. The Bertz CT molecular complexity index is 1500. The Kier molecular flexibility index (Phi) is 6.74. The number of hydrogen-bond acceptors (Lipinski definition) is 4. The van der Waals surface area contributed by atoms with Crippen molar-refractivity contribution in [2.45, 2.75) is 50.1 Å². The lowest BCUT2D eigenvalue weighted by atomic mass is 9.79. The average Bonchev–Trinajstić information content (AvgIpc) is 3.60. The summed E-state index contributed by atoms with van der Waals surface area (Å²) in [5.74, 6) is -0.730. The number of benzene rings is 2. The second-order valence-electron chi connectivity index (χ2n) is 11.2. The second-order valence-corrected chi connectivity index (χ2v) is 11.2. The normalized spacial score (nSPS) is 22.5. The topological polar surface area (TPSA) is 65.5 Å². The van der Waals surface area contributed by atoms with Crippen molar-refractivity contribution in [2.24, 2.45) is 0 Å². The van der Waals surface area contributed by atoms with Crippen molar-refractivity contribution in [3.8, 4) is 0 Å². The van der Waals surface area contributed by atoms with Crippen LogP contribution < -0.4 is 5.32 Å². The van der Waals surface area contributed by atoms with Crippen LogP contribution >= 0.6 is 0 Å². The predicted octanol–water partition coefficient (Wildman–Crippen LogP) is 5.05. The van der Waals surface area contributed by atoms with E-state index < -0.39 is 23.1 Å². The summed E-state index contributed by atoms with van der Waals surface area (Å²) in [6.07, 6.45) is 8.52. The lowest BCUT2D eigenvalue weighted by molar-refractivity contribution is -0.137. The molecule has 0 unspecified atom stereocenters. The Labute approximate surface area is 232 Å². The van der Waals surface area contributed by atoms with E-state index in [2.05, 4.69) is 22.4 Å². The zero-order valence-electron chi connectivity index (χ0n) is 22.7. The van der Waals surface area contributed by atoms with Crippen LogP contribution in [0.5, 0.6) is 0 Å². The molecular formula is C32H32F2N4O2. The van der Waals surface area contributed by atoms with Gasteiger partial charge < -0.3 is 10.2 Å². The van der Waals surface area contributed by atoms with Crippen molar-refractivity contribution in [1.29, 1.82) is 0 Å². The summed E-state index contributed by atoms with van der Waals surface area (Å²) in [7, 11) is 1.94. The number of rotatable bonds is 6. The number of nitrogens with zero attached hydrogens (tertiary/aromatic N) is 3. The number of anilines is 1. The molecule has 0 bridgehead atoms. The third kappa shape index (κ3) is 4.60. The molecule has 1 aromatic heterocycles. The molecule has 8 heteroatoms. The maximum absolute atomic E-state index is 14.0. The van der Waals surface area contributed by atoms with Gasteiger partial charge in [-0.15, -0.1) is 0 Å². The van der Waals surface area contributed by atoms with Gasteiger partial charge >= 0.3 is 0 Å². The molecule has 1 fully saturated rings. The molecular weight excluding hydrogens is 510 g/mol. The number of likely N-dealkylation sites (N-methyl/N-ethyl adjacent to an activating group) is 1. The van der Waals surface area contributed by atoms with Gasteiger partial charge in [0.1, 0.15) is 17.5 Å². The fourth-order valence-electron chi connectivity index (χ4n) is 6.54. The maximum atomic E-state index is 14.0. The lowest BCUT2D eigenvalue weighted by Gasteiger charge is -2.33. The summed E-state index contributed by atoms with van der Waals surface area (Å²) in [4.78, 5) is 34.7. The zero-order chi connectivity index (χ0) is 28.0. The van der Waals surface area contributed by atoms with E-state index in [4.69, 9.17) is 0 Å². The van der Waals surface area contributed by atoms with E-state index in [-0.39, 0.29) is 17.9 Å². The Morgan fingerprint density at radius 3 is 2.70 bits per heavy atom. The number of fused-ring (bicyclic) bond motifs is 3. The van der Waals surface area contributed by atoms with E-state index in [1.54, 1.807) is 11.1 Å². The largest absolute Gasteiger partial charge is 0.331 e. The van der Waals surface area contributed by atoms with E-state index in [1.165, 1.54) is 12.1 Å². The van der Waals surface area contributed by atoms with Gasteiger partial charge in [-0.1, -0.05) is 36.4 Å². The molecule has 1 N–H and O–H groups in total. The van der Waals surface area contributed by atoms with Crippen LogP contribution in [0.1, 0.15) is 53.6 Å². The number of pyridine rings is 1. The van der Waals surface area contributed by atoms with E-state index in [1.807, 2.05) is 49.2 Å². The SMILES string of the molecule is C[C@H](c1cc(F)cc(F)c1)N(C/C=C/c1ccc2c(c1)C[C@@]1(C2)C(=O)Nc2ncccc21)C(=O)[C@@H]1CCCN1C. The molecule has 3 aromatic rings. The highest BCUT2D eigenvalue weighted by atomic mass is 19.1. The smallest absolute Gasteiger partial charge is 0.240 e. The summed E-state index contributed by atoms with van der Waals surface area (Å²) in [6, 6.07) is 12.7. The summed E-state index contributed by atoms with van der Waals surface area (Å²) in [5.41, 5.74) is 3.98. The number of aromatic nitrogens is 1. The quantitative estimate of drug-likeness (QED) is 0.474. The average molecular weight is 543 g/mol. The molecule has 0 saturated carbocycles. The predicted molar refractivity (Wildman–Crippen MR) is 150 cm³/mol. The van der Waals surface area contributed by atoms with E-state index in [9.17, 15) is 18.4 Å². The summed E-state index contributed by atoms with van der Waals surface area (Å²) in [6.45, 7) is 2.95. The molecule has 2 aromatic carbocycles. The van der Waals surface area contributed by atoms with Crippen molar-refractivity contribution >= 4 is 23.7 Å². The molecule has 3 heterocycles. The van der Waals surface area contributed by atoms with Crippen LogP contribution in [0, 0.1) is 11.6 Å². The molecule has 2 aliphatic heterocycles. The first-order valence-electron chi connectivity index (χ1n) is 13.8. The Balaban J connectivity index is 1.23. The number of likely N-dealkylation sites (tertiary alicyclic amines) is 1. The van der Waals surface area contributed by atoms with Crippen molar-refractivity contribution in [1.82, 2.24) is 14.8 Å². The van der Waals surface area contributed by atoms with Gasteiger partial charge in [0.15, 0.2) is 0 Å². The fraction of sp³-hybridized carbons (Fsp3) is 0.344. The van der Waals surface area contributed by atoms with Crippen LogP contribution in [0.15, 0.2) is 60.8 Å². The van der Waals surface area contributed by atoms with Crippen LogP contribution in [0.3, 0.4) is 0 Å². The molecule has 40 heavy (non-hydrogen) atoms. The molecule has 3 aliphatic rings. The van der Waals surface area contributed by atoms with Gasteiger partial charge in [0, 0.05) is 24.4 Å². The van der Waals surface area contributed by atoms with E-state index in [0.717, 1.165) is 47.7 Å². The van der Waals surface area contributed by atoms with Gasteiger partial charge in [-0.3, -0.25) is 14.5 Å². The van der Waals surface area contributed by atoms with Gasteiger partial charge in [0.2, 0.25) is 11.8 Å². The minimum Gasteiger partial charge on any atom is -0.331 e. The maximum Gasteiger partial charge on any atom is 0.240 e. The van der Waals surface area contributed by atoms with Crippen LogP contribution in [0.4, 0.5) is 14.6 Å². The first-order chi connectivity index (χ1) is 19.2. The second kappa shape index (κ2) is 10.2. The van der Waals surface area contributed by atoms with Gasteiger partial charge in [-0.25, -0.2) is 13.8 Å². The minimum atomic E-state index is -0.659. The highest BCUT2D eigenvalue weighted by Crippen LogP contribution is 2.46. The van der Waals surface area contributed by atoms with Crippen molar-refractivity contribution in [3.63, 3.8) is 0 Å². The molecule has 206 valence electrons. The molecule has 1 aliphatic carbocycles.